The molecule has 5 heteroatoms. The molecule has 0 bridgehead atoms. The average Bonchev–Trinajstić information content (AvgIpc) is 2.43. The van der Waals surface area contributed by atoms with E-state index in [1.165, 1.54) is 0 Å². The quantitative estimate of drug-likeness (QED) is 0.723. The van der Waals surface area contributed by atoms with Crippen LogP contribution < -0.4 is 10.2 Å². The fourth-order valence-corrected chi connectivity index (χ4v) is 2.05. The minimum absolute atomic E-state index is 0.0860. The summed E-state index contributed by atoms with van der Waals surface area (Å²) in [6, 6.07) is 5.83. The SMILES string of the molecule is COCCNCc1cc(Cl)ccc1N(C)C(C)(C)CO. The molecule has 1 rings (SSSR count). The van der Waals surface area contributed by atoms with Gasteiger partial charge in [-0.25, -0.2) is 0 Å². The Kier molecular flexibility index (Phi) is 6.76. The van der Waals surface area contributed by atoms with Gasteiger partial charge in [-0.1, -0.05) is 11.6 Å². The lowest BCUT2D eigenvalue weighted by Crippen LogP contribution is -2.45. The smallest absolute Gasteiger partial charge is 0.0658 e. The van der Waals surface area contributed by atoms with E-state index >= 15 is 0 Å². The maximum absolute atomic E-state index is 9.52. The van der Waals surface area contributed by atoms with Gasteiger partial charge in [0, 0.05) is 38.0 Å². The zero-order chi connectivity index (χ0) is 15.2. The van der Waals surface area contributed by atoms with E-state index in [4.69, 9.17) is 16.3 Å². The summed E-state index contributed by atoms with van der Waals surface area (Å²) in [7, 11) is 3.67. The van der Waals surface area contributed by atoms with E-state index < -0.39 is 0 Å². The number of likely N-dealkylation sites (N-methyl/N-ethyl adjacent to an activating group) is 1. The van der Waals surface area contributed by atoms with E-state index in [1.54, 1.807) is 7.11 Å². The Morgan fingerprint density at radius 2 is 2.10 bits per heavy atom. The fraction of sp³-hybridized carbons (Fsp3) is 0.600. The van der Waals surface area contributed by atoms with Crippen LogP contribution in [0.2, 0.25) is 5.02 Å². The molecule has 0 aliphatic heterocycles. The molecule has 0 aliphatic carbocycles. The summed E-state index contributed by atoms with van der Waals surface area (Å²) in [5.41, 5.74) is 1.85. The molecule has 0 fully saturated rings. The highest BCUT2D eigenvalue weighted by Crippen LogP contribution is 2.28. The largest absolute Gasteiger partial charge is 0.394 e. The van der Waals surface area contributed by atoms with Crippen molar-refractivity contribution >= 4 is 17.3 Å². The summed E-state index contributed by atoms with van der Waals surface area (Å²) < 4.78 is 5.02. The van der Waals surface area contributed by atoms with Crippen LogP contribution in [0.5, 0.6) is 0 Å². The number of methoxy groups -OCH3 is 1. The van der Waals surface area contributed by atoms with Gasteiger partial charge in [0.1, 0.15) is 0 Å². The lowest BCUT2D eigenvalue weighted by Gasteiger charge is -2.37. The molecule has 1 aromatic carbocycles. The molecule has 0 saturated heterocycles. The summed E-state index contributed by atoms with van der Waals surface area (Å²) in [6.45, 7) is 6.27. The molecule has 0 atom stereocenters. The summed E-state index contributed by atoms with van der Waals surface area (Å²) in [5.74, 6) is 0. The van der Waals surface area contributed by atoms with Crippen molar-refractivity contribution in [2.45, 2.75) is 25.9 Å². The second-order valence-corrected chi connectivity index (χ2v) is 5.91. The molecule has 0 aromatic heterocycles. The van der Waals surface area contributed by atoms with E-state index in [2.05, 4.69) is 10.2 Å². The van der Waals surface area contributed by atoms with Crippen LogP contribution in [0.4, 0.5) is 5.69 Å². The molecule has 4 nitrogen and oxygen atoms in total. The van der Waals surface area contributed by atoms with Crippen LogP contribution in [0, 0.1) is 0 Å². The van der Waals surface area contributed by atoms with Gasteiger partial charge in [-0.05, 0) is 37.6 Å². The van der Waals surface area contributed by atoms with Crippen LogP contribution in [0.3, 0.4) is 0 Å². The molecule has 20 heavy (non-hydrogen) atoms. The molecular weight excluding hydrogens is 276 g/mol. The third-order valence-electron chi connectivity index (χ3n) is 3.50. The minimum atomic E-state index is -0.324. The number of nitrogens with zero attached hydrogens (tertiary/aromatic N) is 1. The number of aliphatic hydroxyl groups is 1. The van der Waals surface area contributed by atoms with Crippen molar-refractivity contribution in [1.82, 2.24) is 5.32 Å². The van der Waals surface area contributed by atoms with Gasteiger partial charge in [0.05, 0.1) is 18.8 Å². The van der Waals surface area contributed by atoms with Gasteiger partial charge >= 0.3 is 0 Å². The Labute approximate surface area is 126 Å². The Bertz CT molecular complexity index is 424. The van der Waals surface area contributed by atoms with Crippen LogP contribution >= 0.6 is 11.6 Å². The molecule has 1 aromatic rings. The number of hydrogen-bond donors (Lipinski definition) is 2. The topological polar surface area (TPSA) is 44.7 Å². The lowest BCUT2D eigenvalue weighted by atomic mass is 10.0. The van der Waals surface area contributed by atoms with Crippen molar-refractivity contribution in [2.24, 2.45) is 0 Å². The maximum atomic E-state index is 9.52. The van der Waals surface area contributed by atoms with Crippen LogP contribution in [0.1, 0.15) is 19.4 Å². The van der Waals surface area contributed by atoms with Gasteiger partial charge in [0.25, 0.3) is 0 Å². The van der Waals surface area contributed by atoms with Crippen LogP contribution in [-0.4, -0.2) is 44.6 Å². The highest BCUT2D eigenvalue weighted by molar-refractivity contribution is 6.30. The highest BCUT2D eigenvalue weighted by atomic mass is 35.5. The van der Waals surface area contributed by atoms with Crippen LogP contribution in [0.25, 0.3) is 0 Å². The molecule has 0 unspecified atom stereocenters. The molecule has 0 heterocycles. The average molecular weight is 301 g/mol. The molecule has 2 N–H and O–H groups in total. The minimum Gasteiger partial charge on any atom is -0.394 e. The Morgan fingerprint density at radius 3 is 2.70 bits per heavy atom. The van der Waals surface area contributed by atoms with Crippen molar-refractivity contribution in [3.05, 3.63) is 28.8 Å². The van der Waals surface area contributed by atoms with Gasteiger partial charge in [-0.15, -0.1) is 0 Å². The Balaban J connectivity index is 2.89. The summed E-state index contributed by atoms with van der Waals surface area (Å²) in [6.07, 6.45) is 0. The molecule has 0 saturated carbocycles. The first-order valence-corrected chi connectivity index (χ1v) is 7.13. The van der Waals surface area contributed by atoms with Gasteiger partial charge < -0.3 is 20.1 Å². The molecular formula is C15H25ClN2O2. The van der Waals surface area contributed by atoms with E-state index in [1.807, 2.05) is 39.1 Å². The van der Waals surface area contributed by atoms with E-state index in [9.17, 15) is 5.11 Å². The second-order valence-electron chi connectivity index (χ2n) is 5.47. The van der Waals surface area contributed by atoms with Crippen molar-refractivity contribution in [2.75, 3.05) is 38.8 Å². The summed E-state index contributed by atoms with van der Waals surface area (Å²) >= 11 is 6.09. The van der Waals surface area contributed by atoms with Crippen LogP contribution in [-0.2, 0) is 11.3 Å². The number of hydrogen-bond acceptors (Lipinski definition) is 4. The number of anilines is 1. The maximum Gasteiger partial charge on any atom is 0.0658 e. The van der Waals surface area contributed by atoms with Gasteiger partial charge in [0.15, 0.2) is 0 Å². The third kappa shape index (κ3) is 4.63. The summed E-state index contributed by atoms with van der Waals surface area (Å²) in [5, 5.41) is 13.6. The zero-order valence-electron chi connectivity index (χ0n) is 12.7. The fourth-order valence-electron chi connectivity index (χ4n) is 1.85. The predicted molar refractivity (Wildman–Crippen MR) is 84.6 cm³/mol. The first kappa shape index (κ1) is 17.2. The van der Waals surface area contributed by atoms with Gasteiger partial charge in [0.2, 0.25) is 0 Å². The normalized spacial score (nSPS) is 11.7. The number of benzene rings is 1. The number of halogens is 1. The first-order chi connectivity index (χ1) is 9.42. The first-order valence-electron chi connectivity index (χ1n) is 6.75. The second kappa shape index (κ2) is 7.84. The third-order valence-corrected chi connectivity index (χ3v) is 3.73. The van der Waals surface area contributed by atoms with E-state index in [0.717, 1.165) is 17.8 Å². The van der Waals surface area contributed by atoms with Gasteiger partial charge in [-0.3, -0.25) is 0 Å². The number of aliphatic hydroxyl groups excluding tert-OH is 1. The monoisotopic (exact) mass is 300 g/mol. The summed E-state index contributed by atoms with van der Waals surface area (Å²) in [4.78, 5) is 2.08. The lowest BCUT2D eigenvalue weighted by molar-refractivity contribution is 0.199. The zero-order valence-corrected chi connectivity index (χ0v) is 13.5. The Hall–Kier alpha value is -0.810. The molecule has 0 radical (unpaired) electrons. The van der Waals surface area contributed by atoms with Crippen molar-refractivity contribution in [3.8, 4) is 0 Å². The molecule has 0 amide bonds. The Morgan fingerprint density at radius 1 is 1.40 bits per heavy atom. The number of ether oxygens (including phenoxy) is 1. The van der Waals surface area contributed by atoms with E-state index in [-0.39, 0.29) is 12.1 Å². The van der Waals surface area contributed by atoms with Crippen LogP contribution in [0.15, 0.2) is 18.2 Å². The number of nitrogens with one attached hydrogen (secondary N) is 1. The molecule has 0 aliphatic rings. The van der Waals surface area contributed by atoms with Gasteiger partial charge in [-0.2, -0.15) is 0 Å². The number of rotatable bonds is 8. The van der Waals surface area contributed by atoms with Crippen molar-refractivity contribution in [3.63, 3.8) is 0 Å². The highest BCUT2D eigenvalue weighted by Gasteiger charge is 2.24. The van der Waals surface area contributed by atoms with Crippen molar-refractivity contribution < 1.29 is 9.84 Å². The molecule has 114 valence electrons. The molecule has 0 spiro atoms. The van der Waals surface area contributed by atoms with Crippen molar-refractivity contribution in [1.29, 1.82) is 0 Å². The predicted octanol–water partition coefficient (Wildman–Crippen LogP) is 2.28. The standard InChI is InChI=1S/C15H25ClN2O2/c1-15(2,11-19)18(3)14-6-5-13(16)9-12(14)10-17-7-8-20-4/h5-6,9,17,19H,7-8,10-11H2,1-4H3. The van der Waals surface area contributed by atoms with E-state index in [0.29, 0.717) is 18.2 Å².